The summed E-state index contributed by atoms with van der Waals surface area (Å²) in [5.74, 6) is -0.0896. The second-order valence-electron chi connectivity index (χ2n) is 6.38. The summed E-state index contributed by atoms with van der Waals surface area (Å²) in [6.07, 6.45) is 6.31. The van der Waals surface area contributed by atoms with Gasteiger partial charge in [-0.2, -0.15) is 0 Å². The highest BCUT2D eigenvalue weighted by Gasteiger charge is 2.22. The van der Waals surface area contributed by atoms with Gasteiger partial charge in [-0.25, -0.2) is 0 Å². The molecule has 0 saturated heterocycles. The van der Waals surface area contributed by atoms with E-state index < -0.39 is 0 Å². The first-order valence-corrected chi connectivity index (χ1v) is 8.70. The number of carbonyl (C=O) groups excluding carboxylic acids is 1. The van der Waals surface area contributed by atoms with Crippen LogP contribution in [0.25, 0.3) is 0 Å². The summed E-state index contributed by atoms with van der Waals surface area (Å²) in [7, 11) is 0. The van der Waals surface area contributed by atoms with Gasteiger partial charge >= 0.3 is 0 Å². The van der Waals surface area contributed by atoms with E-state index in [4.69, 9.17) is 11.6 Å². The van der Waals surface area contributed by atoms with Gasteiger partial charge in [0.15, 0.2) is 0 Å². The number of aryl methyl sites for hydroxylation is 1. The monoisotopic (exact) mass is 330 g/mol. The quantitative estimate of drug-likeness (QED) is 0.790. The maximum Gasteiger partial charge on any atom is 0.257 e. The van der Waals surface area contributed by atoms with Crippen molar-refractivity contribution in [1.82, 2.24) is 4.57 Å². The van der Waals surface area contributed by atoms with E-state index >= 15 is 0 Å². The summed E-state index contributed by atoms with van der Waals surface area (Å²) in [6.45, 7) is 4.14. The average molecular weight is 331 g/mol. The molecule has 3 rings (SSSR count). The van der Waals surface area contributed by atoms with Gasteiger partial charge in [0.25, 0.3) is 5.91 Å². The molecule has 0 radical (unpaired) electrons. The molecule has 0 aliphatic heterocycles. The molecule has 0 atom stereocenters. The number of nitrogens with zero attached hydrogens (tertiary/aromatic N) is 1. The summed E-state index contributed by atoms with van der Waals surface area (Å²) in [5.41, 5.74) is 3.62. The Morgan fingerprint density at radius 2 is 1.87 bits per heavy atom. The molecule has 1 saturated carbocycles. The van der Waals surface area contributed by atoms with E-state index in [1.165, 1.54) is 37.8 Å². The highest BCUT2D eigenvalue weighted by molar-refractivity contribution is 6.33. The van der Waals surface area contributed by atoms with Crippen LogP contribution in [0.3, 0.4) is 0 Å². The summed E-state index contributed by atoms with van der Waals surface area (Å²) >= 11 is 6.13. The van der Waals surface area contributed by atoms with Gasteiger partial charge in [-0.1, -0.05) is 43.0 Å². The van der Waals surface area contributed by atoms with Gasteiger partial charge in [-0.15, -0.1) is 0 Å². The zero-order valence-electron chi connectivity index (χ0n) is 13.7. The van der Waals surface area contributed by atoms with Crippen molar-refractivity contribution in [1.29, 1.82) is 0 Å². The fourth-order valence-electron chi connectivity index (χ4n) is 3.66. The number of rotatable bonds is 3. The van der Waals surface area contributed by atoms with Crippen LogP contribution in [-0.2, 0) is 0 Å². The number of halogens is 1. The Kier molecular flexibility index (Phi) is 4.76. The molecule has 1 aromatic carbocycles. The molecule has 1 amide bonds. The smallest absolute Gasteiger partial charge is 0.257 e. The van der Waals surface area contributed by atoms with E-state index in [1.807, 2.05) is 31.2 Å². The molecule has 0 unspecified atom stereocenters. The minimum absolute atomic E-state index is 0.0896. The number of para-hydroxylation sites is 1. The number of hydrogen-bond donors (Lipinski definition) is 1. The average Bonchev–Trinajstić information content (AvgIpc) is 2.85. The fourth-order valence-corrected chi connectivity index (χ4v) is 3.84. The topological polar surface area (TPSA) is 34.0 Å². The molecule has 1 fully saturated rings. The second-order valence-corrected chi connectivity index (χ2v) is 6.79. The van der Waals surface area contributed by atoms with Gasteiger partial charge in [0, 0.05) is 17.4 Å². The Morgan fingerprint density at radius 1 is 1.17 bits per heavy atom. The molecule has 1 aromatic heterocycles. The molecule has 4 heteroatoms. The van der Waals surface area contributed by atoms with Crippen LogP contribution in [0.1, 0.15) is 59.9 Å². The summed E-state index contributed by atoms with van der Waals surface area (Å²) < 4.78 is 2.35. The largest absolute Gasteiger partial charge is 0.345 e. The molecular weight excluding hydrogens is 308 g/mol. The van der Waals surface area contributed by atoms with Crippen molar-refractivity contribution < 1.29 is 4.79 Å². The minimum Gasteiger partial charge on any atom is -0.345 e. The van der Waals surface area contributed by atoms with Crippen LogP contribution in [0.15, 0.2) is 30.3 Å². The van der Waals surface area contributed by atoms with Crippen molar-refractivity contribution in [2.75, 3.05) is 5.32 Å². The summed E-state index contributed by atoms with van der Waals surface area (Å²) in [4.78, 5) is 12.7. The van der Waals surface area contributed by atoms with Crippen molar-refractivity contribution in [2.45, 2.75) is 52.0 Å². The van der Waals surface area contributed by atoms with Crippen LogP contribution >= 0.6 is 11.6 Å². The van der Waals surface area contributed by atoms with Crippen LogP contribution in [0.4, 0.5) is 5.69 Å². The number of amides is 1. The van der Waals surface area contributed by atoms with Crippen LogP contribution < -0.4 is 5.32 Å². The molecule has 23 heavy (non-hydrogen) atoms. The Labute approximate surface area is 142 Å². The standard InChI is InChI=1S/C19H23ClN2O/c1-13-12-16(14(2)22(13)15-8-4-3-5-9-15)19(23)21-18-11-7-6-10-17(18)20/h6-7,10-12,15H,3-5,8-9H2,1-2H3,(H,21,23). The third-order valence-corrected chi connectivity index (χ3v) is 5.12. The number of nitrogens with one attached hydrogen (secondary N) is 1. The van der Waals surface area contributed by atoms with Crippen molar-refractivity contribution in [3.63, 3.8) is 0 Å². The lowest BCUT2D eigenvalue weighted by Crippen LogP contribution is -2.17. The second kappa shape index (κ2) is 6.79. The van der Waals surface area contributed by atoms with Gasteiger partial charge in [0.05, 0.1) is 16.3 Å². The predicted octanol–water partition coefficient (Wildman–Crippen LogP) is 5.52. The van der Waals surface area contributed by atoms with E-state index in [-0.39, 0.29) is 5.91 Å². The van der Waals surface area contributed by atoms with E-state index in [9.17, 15) is 4.79 Å². The highest BCUT2D eigenvalue weighted by Crippen LogP contribution is 2.32. The molecule has 0 bridgehead atoms. The lowest BCUT2D eigenvalue weighted by atomic mass is 9.95. The predicted molar refractivity (Wildman–Crippen MR) is 95.4 cm³/mol. The maximum absolute atomic E-state index is 12.7. The number of aromatic nitrogens is 1. The van der Waals surface area contributed by atoms with Gasteiger partial charge in [0.2, 0.25) is 0 Å². The van der Waals surface area contributed by atoms with Crippen LogP contribution in [-0.4, -0.2) is 10.5 Å². The van der Waals surface area contributed by atoms with Crippen molar-refractivity contribution >= 4 is 23.2 Å². The molecule has 0 spiro atoms. The Balaban J connectivity index is 1.85. The molecule has 2 aromatic rings. The van der Waals surface area contributed by atoms with E-state index in [1.54, 1.807) is 6.07 Å². The third kappa shape index (κ3) is 3.30. The first-order chi connectivity index (χ1) is 11.1. The highest BCUT2D eigenvalue weighted by atomic mass is 35.5. The number of carbonyl (C=O) groups is 1. The lowest BCUT2D eigenvalue weighted by molar-refractivity contribution is 0.102. The number of hydrogen-bond acceptors (Lipinski definition) is 1. The van der Waals surface area contributed by atoms with Gasteiger partial charge < -0.3 is 9.88 Å². The SMILES string of the molecule is Cc1cc(C(=O)Nc2ccccc2Cl)c(C)n1C1CCCCC1. The summed E-state index contributed by atoms with van der Waals surface area (Å²) in [6, 6.07) is 9.85. The van der Waals surface area contributed by atoms with Crippen molar-refractivity contribution in [3.8, 4) is 0 Å². The van der Waals surface area contributed by atoms with Crippen molar-refractivity contribution in [3.05, 3.63) is 52.3 Å². The maximum atomic E-state index is 12.7. The van der Waals surface area contributed by atoms with Crippen LogP contribution in [0.2, 0.25) is 5.02 Å². The molecular formula is C19H23ClN2O. The normalized spacial score (nSPS) is 15.6. The van der Waals surface area contributed by atoms with Crippen LogP contribution in [0.5, 0.6) is 0 Å². The van der Waals surface area contributed by atoms with Gasteiger partial charge in [-0.3, -0.25) is 4.79 Å². The minimum atomic E-state index is -0.0896. The molecule has 1 aliphatic rings. The first kappa shape index (κ1) is 16.1. The number of benzene rings is 1. The van der Waals surface area contributed by atoms with Gasteiger partial charge in [0.1, 0.15) is 0 Å². The lowest BCUT2D eigenvalue weighted by Gasteiger charge is -2.26. The third-order valence-electron chi connectivity index (χ3n) is 4.79. The van der Waals surface area contributed by atoms with Gasteiger partial charge in [-0.05, 0) is 44.9 Å². The Morgan fingerprint density at radius 3 is 2.57 bits per heavy atom. The molecule has 3 nitrogen and oxygen atoms in total. The summed E-state index contributed by atoms with van der Waals surface area (Å²) in [5, 5.41) is 3.48. The molecule has 1 aliphatic carbocycles. The number of anilines is 1. The van der Waals surface area contributed by atoms with E-state index in [2.05, 4.69) is 16.8 Å². The molecule has 1 N–H and O–H groups in total. The van der Waals surface area contributed by atoms with Crippen molar-refractivity contribution in [2.24, 2.45) is 0 Å². The zero-order chi connectivity index (χ0) is 16.4. The zero-order valence-corrected chi connectivity index (χ0v) is 14.5. The Bertz CT molecular complexity index is 714. The van der Waals surface area contributed by atoms with Crippen LogP contribution in [0, 0.1) is 13.8 Å². The fraction of sp³-hybridized carbons (Fsp3) is 0.421. The van der Waals surface area contributed by atoms with E-state index in [0.717, 1.165) is 11.3 Å². The first-order valence-electron chi connectivity index (χ1n) is 8.32. The molecule has 1 heterocycles. The Hall–Kier alpha value is -1.74. The van der Waals surface area contributed by atoms with E-state index in [0.29, 0.717) is 16.8 Å². The molecule has 122 valence electrons.